The zero-order valence-corrected chi connectivity index (χ0v) is 16.8. The highest BCUT2D eigenvalue weighted by Crippen LogP contribution is 2.25. The average Bonchev–Trinajstić information content (AvgIpc) is 2.74. The molecule has 0 aliphatic carbocycles. The van der Waals surface area contributed by atoms with E-state index in [9.17, 15) is 18.0 Å². The Morgan fingerprint density at radius 1 is 1.03 bits per heavy atom. The summed E-state index contributed by atoms with van der Waals surface area (Å²) in [4.78, 5) is 25.0. The smallest absolute Gasteiger partial charge is 0.243 e. The van der Waals surface area contributed by atoms with Gasteiger partial charge in [0.1, 0.15) is 12.1 Å². The van der Waals surface area contributed by atoms with E-state index in [4.69, 9.17) is 5.73 Å². The normalized spacial score (nSPS) is 18.7. The third-order valence-electron chi connectivity index (χ3n) is 5.05. The van der Waals surface area contributed by atoms with Gasteiger partial charge in [-0.05, 0) is 30.5 Å². The number of hydrogen-bond donors (Lipinski definition) is 2. The van der Waals surface area contributed by atoms with Crippen LogP contribution in [0.3, 0.4) is 0 Å². The molecule has 29 heavy (non-hydrogen) atoms. The third-order valence-corrected chi connectivity index (χ3v) is 6.97. The summed E-state index contributed by atoms with van der Waals surface area (Å²) in [6.45, 7) is 0.259. The van der Waals surface area contributed by atoms with Gasteiger partial charge in [0, 0.05) is 13.0 Å². The molecule has 0 radical (unpaired) electrons. The summed E-state index contributed by atoms with van der Waals surface area (Å²) in [5.41, 5.74) is 6.34. The maximum atomic E-state index is 13.1. The summed E-state index contributed by atoms with van der Waals surface area (Å²) in [6, 6.07) is 15.5. The van der Waals surface area contributed by atoms with Crippen molar-refractivity contribution in [2.45, 2.75) is 42.7 Å². The Bertz CT molecular complexity index is 948. The van der Waals surface area contributed by atoms with E-state index >= 15 is 0 Å². The van der Waals surface area contributed by atoms with Crippen LogP contribution in [-0.2, 0) is 26.0 Å². The van der Waals surface area contributed by atoms with Crippen LogP contribution in [0.4, 0.5) is 0 Å². The Morgan fingerprint density at radius 3 is 2.28 bits per heavy atom. The van der Waals surface area contributed by atoms with Crippen LogP contribution in [0.2, 0.25) is 0 Å². The molecule has 2 aromatic carbocycles. The van der Waals surface area contributed by atoms with Crippen LogP contribution >= 0.6 is 0 Å². The number of nitrogens with two attached hydrogens (primary N) is 1. The fraction of sp³-hybridized carbons (Fsp3) is 0.333. The zero-order chi connectivity index (χ0) is 20.9. The average molecular weight is 416 g/mol. The summed E-state index contributed by atoms with van der Waals surface area (Å²) >= 11 is 0. The molecule has 0 aromatic heterocycles. The molecule has 2 amide bonds. The van der Waals surface area contributed by atoms with Gasteiger partial charge in [-0.25, -0.2) is 8.42 Å². The Kier molecular flexibility index (Phi) is 6.66. The molecule has 1 unspecified atom stereocenters. The van der Waals surface area contributed by atoms with Crippen LogP contribution in [0.15, 0.2) is 65.6 Å². The first-order valence-corrected chi connectivity index (χ1v) is 11.0. The fourth-order valence-electron chi connectivity index (χ4n) is 3.52. The van der Waals surface area contributed by atoms with Gasteiger partial charge in [-0.2, -0.15) is 4.31 Å². The molecule has 1 heterocycles. The van der Waals surface area contributed by atoms with E-state index in [0.717, 1.165) is 12.0 Å². The lowest BCUT2D eigenvalue weighted by Gasteiger charge is -2.34. The van der Waals surface area contributed by atoms with Crippen LogP contribution in [0.25, 0.3) is 0 Å². The predicted octanol–water partition coefficient (Wildman–Crippen LogP) is 1.44. The molecule has 2 atom stereocenters. The van der Waals surface area contributed by atoms with E-state index in [0.29, 0.717) is 12.8 Å². The summed E-state index contributed by atoms with van der Waals surface area (Å²) in [5.74, 6) is -1.15. The minimum atomic E-state index is -3.81. The summed E-state index contributed by atoms with van der Waals surface area (Å²) in [5, 5.41) is 2.67. The van der Waals surface area contributed by atoms with Crippen molar-refractivity contribution >= 4 is 21.8 Å². The molecule has 2 aromatic rings. The van der Waals surface area contributed by atoms with Crippen LogP contribution in [0.5, 0.6) is 0 Å². The minimum Gasteiger partial charge on any atom is -0.368 e. The minimum absolute atomic E-state index is 0.149. The number of carbonyl (C=O) groups excluding carboxylic acids is 2. The van der Waals surface area contributed by atoms with Gasteiger partial charge in [-0.15, -0.1) is 0 Å². The molecular weight excluding hydrogens is 390 g/mol. The number of piperidine rings is 1. The van der Waals surface area contributed by atoms with Crippen LogP contribution < -0.4 is 11.1 Å². The van der Waals surface area contributed by atoms with Gasteiger partial charge in [0.05, 0.1) is 4.90 Å². The molecule has 1 aliphatic heterocycles. The first kappa shape index (κ1) is 21.0. The number of carbonyl (C=O) groups is 2. The quantitative estimate of drug-likeness (QED) is 0.713. The van der Waals surface area contributed by atoms with Crippen molar-refractivity contribution in [2.75, 3.05) is 6.54 Å². The molecule has 0 bridgehead atoms. The summed E-state index contributed by atoms with van der Waals surface area (Å²) in [6.07, 6.45) is 2.06. The molecule has 154 valence electrons. The Labute approximate surface area is 171 Å². The SMILES string of the molecule is NC(=O)C(Cc1ccccc1)NC(=O)[C@@H]1CCCCN1S(=O)(=O)c1ccccc1. The fourth-order valence-corrected chi connectivity index (χ4v) is 5.20. The lowest BCUT2D eigenvalue weighted by molar-refractivity contribution is -0.130. The Morgan fingerprint density at radius 2 is 1.66 bits per heavy atom. The molecule has 1 aliphatic rings. The monoisotopic (exact) mass is 415 g/mol. The first-order valence-electron chi connectivity index (χ1n) is 9.60. The maximum Gasteiger partial charge on any atom is 0.243 e. The number of sulfonamides is 1. The highest BCUT2D eigenvalue weighted by Gasteiger charge is 2.38. The Balaban J connectivity index is 1.79. The lowest BCUT2D eigenvalue weighted by Crippen LogP contribution is -2.56. The van der Waals surface area contributed by atoms with Crippen LogP contribution in [-0.4, -0.2) is 43.2 Å². The van der Waals surface area contributed by atoms with E-state index in [2.05, 4.69) is 5.32 Å². The van der Waals surface area contributed by atoms with Gasteiger partial charge >= 0.3 is 0 Å². The maximum absolute atomic E-state index is 13.1. The van der Waals surface area contributed by atoms with Gasteiger partial charge in [0.15, 0.2) is 0 Å². The molecule has 7 nitrogen and oxygen atoms in total. The molecule has 3 N–H and O–H groups in total. The van der Waals surface area contributed by atoms with Crippen molar-refractivity contribution < 1.29 is 18.0 Å². The topological polar surface area (TPSA) is 110 Å². The highest BCUT2D eigenvalue weighted by atomic mass is 32.2. The molecule has 0 saturated carbocycles. The van der Waals surface area contributed by atoms with Crippen molar-refractivity contribution in [3.63, 3.8) is 0 Å². The number of rotatable bonds is 7. The predicted molar refractivity (Wildman–Crippen MR) is 109 cm³/mol. The summed E-state index contributed by atoms with van der Waals surface area (Å²) < 4.78 is 27.4. The van der Waals surface area contributed by atoms with Crippen molar-refractivity contribution in [1.29, 1.82) is 0 Å². The highest BCUT2D eigenvalue weighted by molar-refractivity contribution is 7.89. The number of nitrogens with one attached hydrogen (secondary N) is 1. The number of benzene rings is 2. The number of hydrogen-bond acceptors (Lipinski definition) is 4. The van der Waals surface area contributed by atoms with Crippen LogP contribution in [0.1, 0.15) is 24.8 Å². The van der Waals surface area contributed by atoms with Crippen molar-refractivity contribution in [1.82, 2.24) is 9.62 Å². The van der Waals surface area contributed by atoms with Gasteiger partial charge < -0.3 is 11.1 Å². The lowest BCUT2D eigenvalue weighted by atomic mass is 10.0. The van der Waals surface area contributed by atoms with Crippen molar-refractivity contribution in [2.24, 2.45) is 5.73 Å². The molecule has 1 fully saturated rings. The van der Waals surface area contributed by atoms with E-state index in [-0.39, 0.29) is 17.9 Å². The largest absolute Gasteiger partial charge is 0.368 e. The standard InChI is InChI=1S/C21H25N3O4S/c22-20(25)18(15-16-9-3-1-4-10-16)23-21(26)19-13-7-8-14-24(19)29(27,28)17-11-5-2-6-12-17/h1-6,9-12,18-19H,7-8,13-15H2,(H2,22,25)(H,23,26)/t18?,19-/m0/s1. The van der Waals surface area contributed by atoms with E-state index in [1.54, 1.807) is 18.2 Å². The second-order valence-electron chi connectivity index (χ2n) is 7.09. The molecule has 8 heteroatoms. The van der Waals surface area contributed by atoms with Gasteiger partial charge in [-0.3, -0.25) is 9.59 Å². The number of amides is 2. The molecule has 3 rings (SSSR count). The van der Waals surface area contributed by atoms with Crippen molar-refractivity contribution in [3.8, 4) is 0 Å². The van der Waals surface area contributed by atoms with Gasteiger partial charge in [-0.1, -0.05) is 55.0 Å². The third kappa shape index (κ3) is 5.02. The molecular formula is C21H25N3O4S. The van der Waals surface area contributed by atoms with E-state index in [1.807, 2.05) is 30.3 Å². The zero-order valence-electron chi connectivity index (χ0n) is 16.0. The van der Waals surface area contributed by atoms with Crippen LogP contribution in [0, 0.1) is 0 Å². The van der Waals surface area contributed by atoms with E-state index in [1.165, 1.54) is 16.4 Å². The van der Waals surface area contributed by atoms with Gasteiger partial charge in [0.25, 0.3) is 0 Å². The summed E-state index contributed by atoms with van der Waals surface area (Å²) in [7, 11) is -3.81. The Hall–Kier alpha value is -2.71. The number of nitrogens with zero attached hydrogens (tertiary/aromatic N) is 1. The first-order chi connectivity index (χ1) is 13.9. The second kappa shape index (κ2) is 9.19. The second-order valence-corrected chi connectivity index (χ2v) is 8.98. The van der Waals surface area contributed by atoms with Gasteiger partial charge in [0.2, 0.25) is 21.8 Å². The van der Waals surface area contributed by atoms with E-state index < -0.39 is 33.9 Å². The molecule has 1 saturated heterocycles. The number of primary amides is 1. The van der Waals surface area contributed by atoms with Crippen molar-refractivity contribution in [3.05, 3.63) is 66.2 Å². The molecule has 0 spiro atoms.